The maximum Gasteiger partial charge on any atom is 0.237 e. The molecule has 1 fully saturated rings. The molecule has 0 radical (unpaired) electrons. The van der Waals surface area contributed by atoms with E-state index in [-0.39, 0.29) is 15.9 Å². The molecular weight excluding hydrogens is 287 g/mol. The largest absolute Gasteiger partial charge is 0.392 e. The molecule has 0 aromatic heterocycles. The average molecular weight is 301 g/mol. The van der Waals surface area contributed by atoms with Gasteiger partial charge in [0, 0.05) is 5.69 Å². The van der Waals surface area contributed by atoms with E-state index in [9.17, 15) is 9.18 Å². The molecule has 1 aliphatic rings. The minimum absolute atomic E-state index is 0.0378. The number of amides is 1. The number of nitrogens with two attached hydrogens (primary N) is 1. The van der Waals surface area contributed by atoms with Crippen LogP contribution in [0.25, 0.3) is 0 Å². The molecule has 19 heavy (non-hydrogen) atoms. The molecule has 3 N–H and O–H groups in total. The molecule has 0 unspecified atom stereocenters. The van der Waals surface area contributed by atoms with E-state index in [1.54, 1.807) is 0 Å². The molecule has 6 heteroatoms. The first-order valence-corrected chi connectivity index (χ1v) is 6.70. The molecule has 0 bridgehead atoms. The van der Waals surface area contributed by atoms with E-state index in [0.29, 0.717) is 24.4 Å². The number of halogens is 2. The van der Waals surface area contributed by atoms with Crippen LogP contribution in [0.1, 0.15) is 19.8 Å². The summed E-state index contributed by atoms with van der Waals surface area (Å²) in [5.74, 6) is -0.356. The lowest BCUT2D eigenvalue weighted by atomic mass is 9.62. The third-order valence-electron chi connectivity index (χ3n) is 3.48. The highest BCUT2D eigenvalue weighted by Gasteiger charge is 2.50. The van der Waals surface area contributed by atoms with Gasteiger partial charge in [0.2, 0.25) is 5.91 Å². The molecule has 0 spiro atoms. The van der Waals surface area contributed by atoms with Gasteiger partial charge < -0.3 is 11.1 Å². The molecule has 102 valence electrons. The highest BCUT2D eigenvalue weighted by atomic mass is 35.5. The monoisotopic (exact) mass is 300 g/mol. The van der Waals surface area contributed by atoms with Crippen LogP contribution >= 0.6 is 23.8 Å². The van der Waals surface area contributed by atoms with E-state index in [2.05, 4.69) is 5.32 Å². The van der Waals surface area contributed by atoms with Crippen molar-refractivity contribution in [3.8, 4) is 0 Å². The van der Waals surface area contributed by atoms with Crippen LogP contribution in [0.15, 0.2) is 18.2 Å². The van der Waals surface area contributed by atoms with Gasteiger partial charge in [0.15, 0.2) is 0 Å². The lowest BCUT2D eigenvalue weighted by Gasteiger charge is -2.44. The van der Waals surface area contributed by atoms with E-state index in [0.717, 1.165) is 0 Å². The van der Waals surface area contributed by atoms with Crippen molar-refractivity contribution in [3.05, 3.63) is 29.0 Å². The molecule has 1 saturated carbocycles. The van der Waals surface area contributed by atoms with Gasteiger partial charge in [-0.05, 0) is 37.0 Å². The molecule has 0 atom stereocenters. The van der Waals surface area contributed by atoms with Crippen LogP contribution in [0.3, 0.4) is 0 Å². The van der Waals surface area contributed by atoms with Gasteiger partial charge in [0.05, 0.1) is 15.4 Å². The normalized spacial score (nSPS) is 25.5. The third-order valence-corrected chi connectivity index (χ3v) is 4.16. The fourth-order valence-electron chi connectivity index (χ4n) is 2.45. The highest BCUT2D eigenvalue weighted by molar-refractivity contribution is 7.80. The van der Waals surface area contributed by atoms with Crippen molar-refractivity contribution in [3.63, 3.8) is 0 Å². The first-order valence-electron chi connectivity index (χ1n) is 5.91. The number of rotatable bonds is 3. The Labute approximate surface area is 121 Å². The van der Waals surface area contributed by atoms with Crippen molar-refractivity contribution in [2.75, 3.05) is 5.32 Å². The van der Waals surface area contributed by atoms with Gasteiger partial charge in [0.1, 0.15) is 5.82 Å². The Kier molecular flexibility index (Phi) is 3.78. The fraction of sp³-hybridized carbons (Fsp3) is 0.385. The van der Waals surface area contributed by atoms with Gasteiger partial charge in [-0.1, -0.05) is 30.7 Å². The second kappa shape index (κ2) is 5.06. The van der Waals surface area contributed by atoms with E-state index >= 15 is 0 Å². The number of anilines is 1. The molecular formula is C13H14ClFN2OS. The van der Waals surface area contributed by atoms with Crippen LogP contribution in [-0.2, 0) is 4.79 Å². The van der Waals surface area contributed by atoms with Crippen molar-refractivity contribution in [1.29, 1.82) is 0 Å². The van der Waals surface area contributed by atoms with Gasteiger partial charge in [-0.25, -0.2) is 4.39 Å². The molecule has 3 nitrogen and oxygen atoms in total. The SMILES string of the molecule is CC1CC(C(=O)Nc2ccc(F)c(Cl)c2)(C(N)=S)C1. The first kappa shape index (κ1) is 14.2. The summed E-state index contributed by atoms with van der Waals surface area (Å²) in [5, 5.41) is 2.66. The highest BCUT2D eigenvalue weighted by Crippen LogP contribution is 2.46. The van der Waals surface area contributed by atoms with E-state index in [4.69, 9.17) is 29.6 Å². The van der Waals surface area contributed by atoms with E-state index in [1.165, 1.54) is 18.2 Å². The number of nitrogens with one attached hydrogen (secondary N) is 1. The Hall–Kier alpha value is -1.20. The standard InChI is InChI=1S/C13H14ClFN2OS/c1-7-5-13(6-7,11(16)19)12(18)17-8-2-3-10(15)9(14)4-8/h2-4,7H,5-6H2,1H3,(H2,16,19)(H,17,18). The summed E-state index contributed by atoms with van der Waals surface area (Å²) < 4.78 is 13.0. The number of hydrogen-bond donors (Lipinski definition) is 2. The molecule has 0 aliphatic heterocycles. The number of carbonyl (C=O) groups excluding carboxylic acids is 1. The van der Waals surface area contributed by atoms with Crippen LogP contribution < -0.4 is 11.1 Å². The molecule has 1 aliphatic carbocycles. The zero-order valence-corrected chi connectivity index (χ0v) is 11.9. The average Bonchev–Trinajstić information content (AvgIpc) is 2.29. The minimum Gasteiger partial charge on any atom is -0.392 e. The first-order chi connectivity index (χ1) is 8.85. The lowest BCUT2D eigenvalue weighted by Crippen LogP contribution is -2.53. The lowest BCUT2D eigenvalue weighted by molar-refractivity contribution is -0.127. The maximum absolute atomic E-state index is 13.0. The van der Waals surface area contributed by atoms with Crippen LogP contribution in [0.4, 0.5) is 10.1 Å². The number of hydrogen-bond acceptors (Lipinski definition) is 2. The summed E-state index contributed by atoms with van der Waals surface area (Å²) in [7, 11) is 0. The summed E-state index contributed by atoms with van der Waals surface area (Å²) in [6.45, 7) is 2.04. The summed E-state index contributed by atoms with van der Waals surface area (Å²) in [5.41, 5.74) is 5.34. The summed E-state index contributed by atoms with van der Waals surface area (Å²) in [6, 6.07) is 4.02. The number of carbonyl (C=O) groups is 1. The van der Waals surface area contributed by atoms with Crippen molar-refractivity contribution >= 4 is 40.4 Å². The Morgan fingerprint density at radius 1 is 1.58 bits per heavy atom. The van der Waals surface area contributed by atoms with Crippen LogP contribution in [-0.4, -0.2) is 10.9 Å². The van der Waals surface area contributed by atoms with Gasteiger partial charge in [-0.2, -0.15) is 0 Å². The smallest absolute Gasteiger partial charge is 0.237 e. The van der Waals surface area contributed by atoms with Crippen molar-refractivity contribution in [2.45, 2.75) is 19.8 Å². The zero-order valence-electron chi connectivity index (χ0n) is 10.4. The fourth-order valence-corrected chi connectivity index (χ4v) is 2.89. The number of benzene rings is 1. The van der Waals surface area contributed by atoms with Gasteiger partial charge in [-0.3, -0.25) is 4.79 Å². The Morgan fingerprint density at radius 3 is 2.68 bits per heavy atom. The van der Waals surface area contributed by atoms with Gasteiger partial charge in [0.25, 0.3) is 0 Å². The summed E-state index contributed by atoms with van der Waals surface area (Å²) in [4.78, 5) is 12.5. The molecule has 1 amide bonds. The quantitative estimate of drug-likeness (QED) is 0.843. The van der Waals surface area contributed by atoms with Crippen molar-refractivity contribution < 1.29 is 9.18 Å². The summed E-state index contributed by atoms with van der Waals surface area (Å²) >= 11 is 10.7. The second-order valence-corrected chi connectivity index (χ2v) is 5.89. The Morgan fingerprint density at radius 2 is 2.21 bits per heavy atom. The third kappa shape index (κ3) is 2.58. The van der Waals surface area contributed by atoms with E-state index in [1.807, 2.05) is 6.92 Å². The van der Waals surface area contributed by atoms with E-state index < -0.39 is 11.2 Å². The van der Waals surface area contributed by atoms with Gasteiger partial charge in [-0.15, -0.1) is 0 Å². The Balaban J connectivity index is 2.16. The topological polar surface area (TPSA) is 55.1 Å². The van der Waals surface area contributed by atoms with Crippen molar-refractivity contribution in [2.24, 2.45) is 17.1 Å². The van der Waals surface area contributed by atoms with Gasteiger partial charge >= 0.3 is 0 Å². The predicted molar refractivity (Wildman–Crippen MR) is 77.7 cm³/mol. The summed E-state index contributed by atoms with van der Waals surface area (Å²) in [6.07, 6.45) is 1.28. The second-order valence-electron chi connectivity index (χ2n) is 5.04. The van der Waals surface area contributed by atoms with Crippen LogP contribution in [0.2, 0.25) is 5.02 Å². The predicted octanol–water partition coefficient (Wildman–Crippen LogP) is 3.12. The van der Waals surface area contributed by atoms with Crippen molar-refractivity contribution in [1.82, 2.24) is 0 Å². The minimum atomic E-state index is -0.782. The molecule has 1 aromatic carbocycles. The number of thiocarbonyl (C=S) groups is 1. The molecule has 1 aromatic rings. The Bertz CT molecular complexity index is 543. The molecule has 0 heterocycles. The zero-order chi connectivity index (χ0) is 14.2. The van der Waals surface area contributed by atoms with Crippen LogP contribution in [0.5, 0.6) is 0 Å². The van der Waals surface area contributed by atoms with Crippen LogP contribution in [0, 0.1) is 17.2 Å². The maximum atomic E-state index is 13.0. The molecule has 2 rings (SSSR count). The molecule has 0 saturated heterocycles.